The molecule has 0 unspecified atom stereocenters. The molecule has 1 aromatic carbocycles. The first kappa shape index (κ1) is 25.2. The molecule has 0 saturated heterocycles. The third-order valence-electron chi connectivity index (χ3n) is 4.56. The van der Waals surface area contributed by atoms with Gasteiger partial charge in [-0.25, -0.2) is 4.99 Å². The quantitative estimate of drug-likeness (QED) is 0.156. The molecule has 1 aliphatic carbocycles. The van der Waals surface area contributed by atoms with E-state index in [0.29, 0.717) is 17.8 Å². The van der Waals surface area contributed by atoms with Crippen molar-refractivity contribution in [1.29, 1.82) is 0 Å². The van der Waals surface area contributed by atoms with E-state index in [4.69, 9.17) is 11.2 Å². The van der Waals surface area contributed by atoms with Crippen molar-refractivity contribution in [3.8, 4) is 12.3 Å². The van der Waals surface area contributed by atoms with Gasteiger partial charge in [-0.05, 0) is 44.4 Å². The Morgan fingerprint density at radius 3 is 2.79 bits per heavy atom. The van der Waals surface area contributed by atoms with Gasteiger partial charge in [0.1, 0.15) is 6.54 Å². The van der Waals surface area contributed by atoms with Gasteiger partial charge in [0.05, 0.1) is 6.10 Å². The third-order valence-corrected chi connectivity index (χ3v) is 4.56. The number of nitrogens with one attached hydrogen (secondary N) is 3. The smallest absolute Gasteiger partial charge is 0.246 e. The lowest BCUT2D eigenvalue weighted by Crippen LogP contribution is -2.38. The molecular weight excluding hydrogens is 479 g/mol. The zero-order valence-corrected chi connectivity index (χ0v) is 19.5. The fraction of sp³-hybridized carbons (Fsp3) is 0.545. The average molecular weight is 512 g/mol. The van der Waals surface area contributed by atoms with E-state index in [-0.39, 0.29) is 36.4 Å². The van der Waals surface area contributed by atoms with Gasteiger partial charge in [-0.2, -0.15) is 0 Å². The molecule has 0 bridgehead atoms. The minimum Gasteiger partial charge on any atom is -0.378 e. The van der Waals surface area contributed by atoms with Crippen molar-refractivity contribution in [3.05, 3.63) is 29.8 Å². The van der Waals surface area contributed by atoms with Crippen LogP contribution in [0.4, 0.5) is 5.69 Å². The summed E-state index contributed by atoms with van der Waals surface area (Å²) < 4.78 is 5.93. The lowest BCUT2D eigenvalue weighted by molar-refractivity contribution is -0.114. The number of carbonyl (C=O) groups excluding carboxylic acids is 1. The summed E-state index contributed by atoms with van der Waals surface area (Å²) in [5.74, 6) is 3.00. The van der Waals surface area contributed by atoms with Gasteiger partial charge in [0, 0.05) is 30.9 Å². The van der Waals surface area contributed by atoms with Gasteiger partial charge in [0.2, 0.25) is 5.91 Å². The number of nitrogens with zero attached hydrogens (tertiary/aromatic N) is 1. The highest BCUT2D eigenvalue weighted by molar-refractivity contribution is 14.0. The number of hydrogen-bond donors (Lipinski definition) is 3. The second-order valence-electron chi connectivity index (χ2n) is 6.88. The van der Waals surface area contributed by atoms with Crippen molar-refractivity contribution in [3.63, 3.8) is 0 Å². The molecule has 1 aliphatic rings. The van der Waals surface area contributed by atoms with Gasteiger partial charge in [-0.3, -0.25) is 4.79 Å². The van der Waals surface area contributed by atoms with E-state index < -0.39 is 0 Å². The third kappa shape index (κ3) is 10.5. The minimum absolute atomic E-state index is 0. The van der Waals surface area contributed by atoms with Crippen LogP contribution in [-0.4, -0.2) is 44.2 Å². The number of halogens is 1. The lowest BCUT2D eigenvalue weighted by atomic mass is 9.98. The summed E-state index contributed by atoms with van der Waals surface area (Å²) in [6.45, 7) is 4.27. The van der Waals surface area contributed by atoms with Crippen LogP contribution in [-0.2, 0) is 9.53 Å². The Bertz CT molecular complexity index is 682. The Kier molecular flexibility index (Phi) is 13.1. The Balaban J connectivity index is 0.00000420. The summed E-state index contributed by atoms with van der Waals surface area (Å²) in [5.41, 5.74) is 1.40. The largest absolute Gasteiger partial charge is 0.378 e. The number of anilines is 1. The summed E-state index contributed by atoms with van der Waals surface area (Å²) >= 11 is 0. The Labute approximate surface area is 191 Å². The second kappa shape index (κ2) is 15.1. The molecule has 6 nitrogen and oxygen atoms in total. The SMILES string of the molecule is C#Cc1cccc(NC(=O)CN=C(NCC)NCCCOC2CCCCC2)c1.I. The molecule has 0 spiro atoms. The topological polar surface area (TPSA) is 74.8 Å². The van der Waals surface area contributed by atoms with Crippen LogP contribution in [0.1, 0.15) is 51.0 Å². The van der Waals surface area contributed by atoms with Crippen molar-refractivity contribution in [2.45, 2.75) is 51.6 Å². The number of ether oxygens (including phenoxy) is 1. The molecule has 2 rings (SSSR count). The molecule has 29 heavy (non-hydrogen) atoms. The molecule has 1 saturated carbocycles. The van der Waals surface area contributed by atoms with Gasteiger partial charge in [0.15, 0.2) is 5.96 Å². The molecule has 160 valence electrons. The summed E-state index contributed by atoms with van der Waals surface area (Å²) in [6, 6.07) is 7.20. The molecular formula is C22H33IN4O2. The normalized spacial score (nSPS) is 14.4. The summed E-state index contributed by atoms with van der Waals surface area (Å²) in [6.07, 6.45) is 13.0. The Morgan fingerprint density at radius 1 is 1.28 bits per heavy atom. The minimum atomic E-state index is -0.188. The summed E-state index contributed by atoms with van der Waals surface area (Å²) in [7, 11) is 0. The first-order valence-electron chi connectivity index (χ1n) is 10.2. The van der Waals surface area contributed by atoms with E-state index in [1.807, 2.05) is 19.1 Å². The molecule has 1 aromatic rings. The van der Waals surface area contributed by atoms with Crippen LogP contribution in [0, 0.1) is 12.3 Å². The lowest BCUT2D eigenvalue weighted by Gasteiger charge is -2.22. The van der Waals surface area contributed by atoms with Crippen LogP contribution >= 0.6 is 24.0 Å². The molecule has 0 heterocycles. The number of amides is 1. The van der Waals surface area contributed by atoms with E-state index in [1.165, 1.54) is 32.1 Å². The van der Waals surface area contributed by atoms with Gasteiger partial charge in [-0.15, -0.1) is 30.4 Å². The average Bonchev–Trinajstić information content (AvgIpc) is 2.72. The van der Waals surface area contributed by atoms with E-state index in [0.717, 1.165) is 31.7 Å². The maximum absolute atomic E-state index is 12.1. The molecule has 0 atom stereocenters. The van der Waals surface area contributed by atoms with Gasteiger partial charge >= 0.3 is 0 Å². The van der Waals surface area contributed by atoms with Crippen LogP contribution < -0.4 is 16.0 Å². The van der Waals surface area contributed by atoms with Crippen molar-refractivity contribution in [1.82, 2.24) is 10.6 Å². The number of rotatable bonds is 9. The van der Waals surface area contributed by atoms with Gasteiger partial charge in [0.25, 0.3) is 0 Å². The second-order valence-corrected chi connectivity index (χ2v) is 6.88. The maximum Gasteiger partial charge on any atom is 0.246 e. The number of guanidine groups is 1. The standard InChI is InChI=1S/C22H32N4O2.HI/c1-3-18-10-8-11-19(16-18)26-21(27)17-25-22(23-4-2)24-14-9-15-28-20-12-6-5-7-13-20;/h1,8,10-11,16,20H,4-7,9,12-15,17H2,2H3,(H,26,27)(H2,23,24,25);1H. The predicted molar refractivity (Wildman–Crippen MR) is 130 cm³/mol. The van der Waals surface area contributed by atoms with Gasteiger partial charge in [-0.1, -0.05) is 31.2 Å². The van der Waals surface area contributed by atoms with Crippen LogP contribution in [0.2, 0.25) is 0 Å². The molecule has 7 heteroatoms. The van der Waals surface area contributed by atoms with E-state index >= 15 is 0 Å². The molecule has 1 fully saturated rings. The van der Waals surface area contributed by atoms with E-state index in [1.54, 1.807) is 12.1 Å². The molecule has 0 aromatic heterocycles. The van der Waals surface area contributed by atoms with Crippen molar-refractivity contribution in [2.75, 3.05) is 31.6 Å². The van der Waals surface area contributed by atoms with E-state index in [9.17, 15) is 4.79 Å². The van der Waals surface area contributed by atoms with Crippen LogP contribution in [0.15, 0.2) is 29.3 Å². The zero-order chi connectivity index (χ0) is 20.0. The van der Waals surface area contributed by atoms with Crippen LogP contribution in [0.5, 0.6) is 0 Å². The van der Waals surface area contributed by atoms with Gasteiger partial charge < -0.3 is 20.7 Å². The first-order valence-corrected chi connectivity index (χ1v) is 10.2. The van der Waals surface area contributed by atoms with Crippen molar-refractivity contribution >= 4 is 41.5 Å². The molecule has 0 aliphatic heterocycles. The van der Waals surface area contributed by atoms with Crippen LogP contribution in [0.3, 0.4) is 0 Å². The molecule has 3 N–H and O–H groups in total. The van der Waals surface area contributed by atoms with Crippen molar-refractivity contribution in [2.24, 2.45) is 4.99 Å². The predicted octanol–water partition coefficient (Wildman–Crippen LogP) is 3.52. The number of carbonyl (C=O) groups is 1. The molecule has 1 amide bonds. The number of terminal acetylenes is 1. The van der Waals surface area contributed by atoms with Crippen LogP contribution in [0.25, 0.3) is 0 Å². The Morgan fingerprint density at radius 2 is 2.07 bits per heavy atom. The monoisotopic (exact) mass is 512 g/mol. The number of benzene rings is 1. The fourth-order valence-electron chi connectivity index (χ4n) is 3.14. The Hall–Kier alpha value is -1.79. The highest BCUT2D eigenvalue weighted by atomic mass is 127. The van der Waals surface area contributed by atoms with E-state index in [2.05, 4.69) is 26.9 Å². The highest BCUT2D eigenvalue weighted by Gasteiger charge is 2.13. The first-order chi connectivity index (χ1) is 13.7. The highest BCUT2D eigenvalue weighted by Crippen LogP contribution is 2.20. The zero-order valence-electron chi connectivity index (χ0n) is 17.2. The summed E-state index contributed by atoms with van der Waals surface area (Å²) in [5, 5.41) is 9.21. The van der Waals surface area contributed by atoms with Crippen molar-refractivity contribution < 1.29 is 9.53 Å². The number of hydrogen-bond acceptors (Lipinski definition) is 3. The molecule has 0 radical (unpaired) electrons. The fourth-order valence-corrected chi connectivity index (χ4v) is 3.14. The number of aliphatic imine (C=N–C) groups is 1. The summed E-state index contributed by atoms with van der Waals surface area (Å²) in [4.78, 5) is 16.5. The maximum atomic E-state index is 12.1.